The van der Waals surface area contributed by atoms with Crippen LogP contribution >= 0.6 is 0 Å². The molecule has 1 aromatic heterocycles. The second kappa shape index (κ2) is 9.65. The fourth-order valence-corrected chi connectivity index (χ4v) is 3.58. The lowest BCUT2D eigenvalue weighted by atomic mass is 9.98. The molecule has 146 valence electrons. The number of aromatic nitrogens is 2. The van der Waals surface area contributed by atoms with Crippen LogP contribution in [-0.2, 0) is 11.2 Å². The van der Waals surface area contributed by atoms with Crippen LogP contribution in [0.15, 0.2) is 30.3 Å². The summed E-state index contributed by atoms with van der Waals surface area (Å²) in [7, 11) is 1.92. The molecule has 1 unspecified atom stereocenters. The van der Waals surface area contributed by atoms with Crippen LogP contribution < -0.4 is 5.32 Å². The minimum absolute atomic E-state index is 0.152. The molecule has 1 aromatic carbocycles. The molecule has 5 nitrogen and oxygen atoms in total. The van der Waals surface area contributed by atoms with E-state index in [1.54, 1.807) is 12.1 Å². The van der Waals surface area contributed by atoms with Crippen LogP contribution in [0.1, 0.15) is 37.8 Å². The number of nitrogens with zero attached hydrogens (tertiary/aromatic N) is 2. The Hall–Kier alpha value is -2.21. The van der Waals surface area contributed by atoms with Crippen molar-refractivity contribution in [3.8, 4) is 11.3 Å². The Morgan fingerprint density at radius 1 is 1.26 bits per heavy atom. The maximum absolute atomic E-state index is 13.0. The Balaban J connectivity index is 1.35. The van der Waals surface area contributed by atoms with E-state index >= 15 is 0 Å². The molecule has 0 bridgehead atoms. The number of carbonyl (C=O) groups excluding carboxylic acids is 1. The van der Waals surface area contributed by atoms with E-state index in [2.05, 4.69) is 15.5 Å². The molecule has 3 rings (SSSR count). The Kier molecular flexibility index (Phi) is 6.98. The molecule has 2 heterocycles. The normalized spacial score (nSPS) is 17.0. The van der Waals surface area contributed by atoms with E-state index in [0.717, 1.165) is 75.1 Å². The molecule has 0 saturated carbocycles. The zero-order valence-corrected chi connectivity index (χ0v) is 16.0. The van der Waals surface area contributed by atoms with Crippen LogP contribution in [0, 0.1) is 11.7 Å². The van der Waals surface area contributed by atoms with Gasteiger partial charge in [0.25, 0.3) is 0 Å². The second-order valence-electron chi connectivity index (χ2n) is 7.40. The maximum atomic E-state index is 13.0. The molecule has 0 spiro atoms. The molecule has 1 aliphatic heterocycles. The van der Waals surface area contributed by atoms with Crippen LogP contribution in [0.4, 0.5) is 4.39 Å². The summed E-state index contributed by atoms with van der Waals surface area (Å²) >= 11 is 0. The average molecular weight is 372 g/mol. The molecule has 1 fully saturated rings. The summed E-state index contributed by atoms with van der Waals surface area (Å²) in [5, 5.41) is 10.7. The van der Waals surface area contributed by atoms with Gasteiger partial charge < -0.3 is 10.2 Å². The summed E-state index contributed by atoms with van der Waals surface area (Å²) in [6, 6.07) is 8.41. The summed E-state index contributed by atoms with van der Waals surface area (Å²) in [6.07, 6.45) is 6.17. The lowest BCUT2D eigenvalue weighted by Gasteiger charge is -2.27. The van der Waals surface area contributed by atoms with Crippen molar-refractivity contribution in [2.24, 2.45) is 5.92 Å². The monoisotopic (exact) mass is 372 g/mol. The van der Waals surface area contributed by atoms with Crippen molar-refractivity contribution >= 4 is 5.91 Å². The van der Waals surface area contributed by atoms with Crippen LogP contribution in [0.3, 0.4) is 0 Å². The van der Waals surface area contributed by atoms with Crippen molar-refractivity contribution in [1.29, 1.82) is 0 Å². The molecule has 27 heavy (non-hydrogen) atoms. The number of halogens is 1. The summed E-state index contributed by atoms with van der Waals surface area (Å²) in [6.45, 7) is 2.67. The summed E-state index contributed by atoms with van der Waals surface area (Å²) in [4.78, 5) is 14.3. The molecule has 1 atom stereocenters. The number of aryl methyl sites for hydroxylation is 1. The number of rotatable bonds is 8. The number of hydrogen-bond donors (Lipinski definition) is 2. The van der Waals surface area contributed by atoms with Gasteiger partial charge in [-0.1, -0.05) is 6.42 Å². The number of benzene rings is 1. The van der Waals surface area contributed by atoms with E-state index in [1.165, 1.54) is 12.1 Å². The molecule has 0 radical (unpaired) electrons. The van der Waals surface area contributed by atoms with Crippen molar-refractivity contribution in [3.63, 3.8) is 0 Å². The maximum Gasteiger partial charge on any atom is 0.226 e. The number of nitrogens with one attached hydrogen (secondary N) is 2. The molecule has 0 aliphatic carbocycles. The van der Waals surface area contributed by atoms with Crippen LogP contribution in [-0.4, -0.2) is 47.7 Å². The third-order valence-corrected chi connectivity index (χ3v) is 5.23. The Labute approximate surface area is 160 Å². The minimum Gasteiger partial charge on any atom is -0.345 e. The lowest BCUT2D eigenvalue weighted by Crippen LogP contribution is -2.41. The Morgan fingerprint density at radius 3 is 2.81 bits per heavy atom. The SMILES string of the molecule is CN(CCCCCc1cc(-c2ccc(F)cc2)n[nH]1)C(=O)C1CCCNC1. The van der Waals surface area contributed by atoms with Crippen molar-refractivity contribution in [2.75, 3.05) is 26.7 Å². The first-order chi connectivity index (χ1) is 13.1. The van der Waals surface area contributed by atoms with Gasteiger partial charge in [-0.2, -0.15) is 5.10 Å². The van der Waals surface area contributed by atoms with Gasteiger partial charge in [0.1, 0.15) is 5.82 Å². The predicted molar refractivity (Wildman–Crippen MR) is 105 cm³/mol. The van der Waals surface area contributed by atoms with E-state index in [1.807, 2.05) is 18.0 Å². The van der Waals surface area contributed by atoms with Gasteiger partial charge in [0, 0.05) is 31.4 Å². The van der Waals surface area contributed by atoms with Crippen molar-refractivity contribution in [1.82, 2.24) is 20.4 Å². The van der Waals surface area contributed by atoms with E-state index in [0.29, 0.717) is 0 Å². The number of carbonyl (C=O) groups is 1. The Morgan fingerprint density at radius 2 is 2.07 bits per heavy atom. The molecule has 2 aromatic rings. The minimum atomic E-state index is -0.238. The van der Waals surface area contributed by atoms with Gasteiger partial charge >= 0.3 is 0 Å². The average Bonchev–Trinajstić information content (AvgIpc) is 3.17. The van der Waals surface area contributed by atoms with Crippen molar-refractivity contribution in [3.05, 3.63) is 41.8 Å². The summed E-state index contributed by atoms with van der Waals surface area (Å²) < 4.78 is 13.0. The highest BCUT2D eigenvalue weighted by molar-refractivity contribution is 5.78. The Bertz CT molecular complexity index is 722. The van der Waals surface area contributed by atoms with E-state index in [9.17, 15) is 9.18 Å². The van der Waals surface area contributed by atoms with Gasteiger partial charge in [-0.15, -0.1) is 0 Å². The number of hydrogen-bond acceptors (Lipinski definition) is 3. The number of H-pyrrole nitrogens is 1. The number of unbranched alkanes of at least 4 members (excludes halogenated alkanes) is 2. The predicted octanol–water partition coefficient (Wildman–Crippen LogP) is 3.39. The zero-order valence-electron chi connectivity index (χ0n) is 16.0. The van der Waals surface area contributed by atoms with Crippen molar-refractivity contribution < 1.29 is 9.18 Å². The van der Waals surface area contributed by atoms with Gasteiger partial charge in [-0.3, -0.25) is 9.89 Å². The highest BCUT2D eigenvalue weighted by atomic mass is 19.1. The van der Waals surface area contributed by atoms with Gasteiger partial charge in [-0.25, -0.2) is 4.39 Å². The molecule has 1 aliphatic rings. The summed E-state index contributed by atoms with van der Waals surface area (Å²) in [5.41, 5.74) is 2.85. The lowest BCUT2D eigenvalue weighted by molar-refractivity contribution is -0.134. The number of piperidine rings is 1. The highest BCUT2D eigenvalue weighted by Crippen LogP contribution is 2.19. The highest BCUT2D eigenvalue weighted by Gasteiger charge is 2.23. The quantitative estimate of drug-likeness (QED) is 0.699. The first-order valence-corrected chi connectivity index (χ1v) is 9.89. The van der Waals surface area contributed by atoms with Gasteiger partial charge in [0.05, 0.1) is 11.6 Å². The third kappa shape index (κ3) is 5.63. The van der Waals surface area contributed by atoms with Crippen molar-refractivity contribution in [2.45, 2.75) is 38.5 Å². The molecule has 2 N–H and O–H groups in total. The first kappa shape index (κ1) is 19.5. The first-order valence-electron chi connectivity index (χ1n) is 9.89. The van der Waals surface area contributed by atoms with E-state index in [-0.39, 0.29) is 17.6 Å². The fourth-order valence-electron chi connectivity index (χ4n) is 3.58. The number of aromatic amines is 1. The molecule has 6 heteroatoms. The molecule has 1 amide bonds. The van der Waals surface area contributed by atoms with Crippen LogP contribution in [0.25, 0.3) is 11.3 Å². The third-order valence-electron chi connectivity index (χ3n) is 5.23. The molecule has 1 saturated heterocycles. The standard InChI is InChI=1S/C21H29FN4O/c1-26(21(27)17-6-5-12-23-15-17)13-4-2-3-7-19-14-20(25-24-19)16-8-10-18(22)11-9-16/h8-11,14,17,23H,2-7,12-13,15H2,1H3,(H,24,25). The van der Waals surface area contributed by atoms with Crippen LogP contribution in [0.2, 0.25) is 0 Å². The molecular weight excluding hydrogens is 343 g/mol. The second-order valence-corrected chi connectivity index (χ2v) is 7.40. The van der Waals surface area contributed by atoms with E-state index in [4.69, 9.17) is 0 Å². The van der Waals surface area contributed by atoms with Gasteiger partial charge in [0.15, 0.2) is 0 Å². The zero-order chi connectivity index (χ0) is 19.1. The smallest absolute Gasteiger partial charge is 0.226 e. The topological polar surface area (TPSA) is 61.0 Å². The summed E-state index contributed by atoms with van der Waals surface area (Å²) in [5.74, 6) is 0.191. The molecular formula is C21H29FN4O. The van der Waals surface area contributed by atoms with E-state index < -0.39 is 0 Å². The fraction of sp³-hybridized carbons (Fsp3) is 0.524. The largest absolute Gasteiger partial charge is 0.345 e. The number of amides is 1. The van der Waals surface area contributed by atoms with Gasteiger partial charge in [0.2, 0.25) is 5.91 Å². The van der Waals surface area contributed by atoms with Crippen LogP contribution in [0.5, 0.6) is 0 Å². The van der Waals surface area contributed by atoms with Gasteiger partial charge in [-0.05, 0) is 69.0 Å².